The van der Waals surface area contributed by atoms with Crippen molar-refractivity contribution >= 4 is 23.2 Å². The van der Waals surface area contributed by atoms with E-state index in [1.807, 2.05) is 19.1 Å². The van der Waals surface area contributed by atoms with Gasteiger partial charge in [-0.3, -0.25) is 9.78 Å². The molecule has 0 aliphatic rings. The van der Waals surface area contributed by atoms with Crippen molar-refractivity contribution < 1.29 is 9.53 Å². The van der Waals surface area contributed by atoms with E-state index >= 15 is 0 Å². The number of aromatic nitrogens is 3. The number of nitrogens with zero attached hydrogens (tertiary/aromatic N) is 3. The predicted octanol–water partition coefficient (Wildman–Crippen LogP) is 3.25. The third-order valence-electron chi connectivity index (χ3n) is 3.37. The smallest absolute Gasteiger partial charge is 0.262 e. The fourth-order valence-corrected chi connectivity index (χ4v) is 2.27. The van der Waals surface area contributed by atoms with Crippen LogP contribution in [-0.4, -0.2) is 27.3 Å². The molecule has 0 radical (unpaired) electrons. The van der Waals surface area contributed by atoms with Gasteiger partial charge in [0.05, 0.1) is 23.3 Å². The molecule has 0 aliphatic heterocycles. The van der Waals surface area contributed by atoms with Crippen LogP contribution < -0.4 is 10.1 Å². The zero-order valence-corrected chi connectivity index (χ0v) is 13.7. The highest BCUT2D eigenvalue weighted by Crippen LogP contribution is 2.18. The molecule has 0 saturated carbocycles. The molecular formula is C17H15ClN4O2. The van der Waals surface area contributed by atoms with Crippen molar-refractivity contribution in [3.05, 3.63) is 65.7 Å². The van der Waals surface area contributed by atoms with Crippen LogP contribution in [0.5, 0.6) is 5.75 Å². The minimum absolute atomic E-state index is 0.0957. The first-order valence-electron chi connectivity index (χ1n) is 7.27. The van der Waals surface area contributed by atoms with Crippen molar-refractivity contribution in [2.75, 3.05) is 11.9 Å². The number of rotatable bonds is 5. The van der Waals surface area contributed by atoms with E-state index in [2.05, 4.69) is 15.4 Å². The number of ether oxygens (including phenoxy) is 1. The van der Waals surface area contributed by atoms with Crippen molar-refractivity contribution in [2.24, 2.45) is 0 Å². The zero-order valence-electron chi connectivity index (χ0n) is 12.9. The highest BCUT2D eigenvalue weighted by atomic mass is 35.5. The summed E-state index contributed by atoms with van der Waals surface area (Å²) in [5.41, 5.74) is 2.33. The number of halogens is 1. The Hall–Kier alpha value is -2.86. The summed E-state index contributed by atoms with van der Waals surface area (Å²) in [7, 11) is 0. The molecular weight excluding hydrogens is 328 g/mol. The van der Waals surface area contributed by atoms with Gasteiger partial charge in [0, 0.05) is 17.4 Å². The van der Waals surface area contributed by atoms with Gasteiger partial charge in [0.1, 0.15) is 5.75 Å². The molecule has 7 heteroatoms. The number of amides is 1. The maximum absolute atomic E-state index is 12.0. The van der Waals surface area contributed by atoms with Gasteiger partial charge in [-0.15, -0.1) is 0 Å². The van der Waals surface area contributed by atoms with Crippen LogP contribution in [0.3, 0.4) is 0 Å². The zero-order chi connectivity index (χ0) is 16.9. The van der Waals surface area contributed by atoms with Crippen molar-refractivity contribution in [3.8, 4) is 11.4 Å². The Bertz CT molecular complexity index is 832. The van der Waals surface area contributed by atoms with Crippen LogP contribution >= 0.6 is 11.6 Å². The second kappa shape index (κ2) is 7.14. The first-order chi connectivity index (χ1) is 11.6. The van der Waals surface area contributed by atoms with Gasteiger partial charge >= 0.3 is 0 Å². The van der Waals surface area contributed by atoms with E-state index in [0.29, 0.717) is 16.5 Å². The van der Waals surface area contributed by atoms with Crippen LogP contribution in [0.2, 0.25) is 5.02 Å². The van der Waals surface area contributed by atoms with Gasteiger partial charge in [0.25, 0.3) is 5.91 Å². The third kappa shape index (κ3) is 3.72. The normalized spacial score (nSPS) is 10.4. The van der Waals surface area contributed by atoms with E-state index in [4.69, 9.17) is 16.3 Å². The molecule has 2 heterocycles. The standard InChI is InChI=1S/C17H15ClN4O2/c1-12-16(10-20-22(12)14-6-8-19-9-7-14)21-17(23)11-24-15-4-2-13(18)3-5-15/h2-10H,11H2,1H3,(H,21,23). The van der Waals surface area contributed by atoms with Crippen molar-refractivity contribution in [2.45, 2.75) is 6.92 Å². The summed E-state index contributed by atoms with van der Waals surface area (Å²) in [4.78, 5) is 16.0. The molecule has 0 unspecified atom stereocenters. The molecule has 0 spiro atoms. The molecule has 1 aromatic carbocycles. The topological polar surface area (TPSA) is 69.0 Å². The largest absolute Gasteiger partial charge is 0.484 e. The Labute approximate surface area is 144 Å². The van der Waals surface area contributed by atoms with Gasteiger partial charge in [0.15, 0.2) is 6.61 Å². The number of carbonyl (C=O) groups is 1. The molecule has 0 atom stereocenters. The summed E-state index contributed by atoms with van der Waals surface area (Å²) in [5.74, 6) is 0.320. The third-order valence-corrected chi connectivity index (χ3v) is 3.63. The van der Waals surface area contributed by atoms with Crippen LogP contribution in [0, 0.1) is 6.92 Å². The molecule has 2 aromatic heterocycles. The molecule has 3 rings (SSSR count). The SMILES string of the molecule is Cc1c(NC(=O)COc2ccc(Cl)cc2)cnn1-c1ccncc1. The Kier molecular flexibility index (Phi) is 4.77. The average Bonchev–Trinajstić information content (AvgIpc) is 2.96. The molecule has 122 valence electrons. The summed E-state index contributed by atoms with van der Waals surface area (Å²) in [6.45, 7) is 1.78. The second-order valence-corrected chi connectivity index (χ2v) is 5.49. The predicted molar refractivity (Wildman–Crippen MR) is 91.7 cm³/mol. The van der Waals surface area contributed by atoms with Gasteiger partial charge in [-0.2, -0.15) is 5.10 Å². The fourth-order valence-electron chi connectivity index (χ4n) is 2.14. The lowest BCUT2D eigenvalue weighted by molar-refractivity contribution is -0.118. The molecule has 24 heavy (non-hydrogen) atoms. The van der Waals surface area contributed by atoms with E-state index in [-0.39, 0.29) is 12.5 Å². The summed E-state index contributed by atoms with van der Waals surface area (Å²) >= 11 is 5.80. The first kappa shape index (κ1) is 16.0. The average molecular weight is 343 g/mol. The van der Waals surface area contributed by atoms with Gasteiger partial charge in [0.2, 0.25) is 0 Å². The van der Waals surface area contributed by atoms with Crippen LogP contribution in [0.4, 0.5) is 5.69 Å². The number of pyridine rings is 1. The van der Waals surface area contributed by atoms with E-state index in [1.54, 1.807) is 47.5 Å². The highest BCUT2D eigenvalue weighted by Gasteiger charge is 2.11. The minimum Gasteiger partial charge on any atom is -0.484 e. The number of hydrogen-bond donors (Lipinski definition) is 1. The van der Waals surface area contributed by atoms with Crippen LogP contribution in [0.15, 0.2) is 55.0 Å². The van der Waals surface area contributed by atoms with Crippen LogP contribution in [0.25, 0.3) is 5.69 Å². The van der Waals surface area contributed by atoms with Crippen molar-refractivity contribution in [1.82, 2.24) is 14.8 Å². The monoisotopic (exact) mass is 342 g/mol. The lowest BCUT2D eigenvalue weighted by atomic mass is 10.3. The number of carbonyl (C=O) groups excluding carboxylic acids is 1. The number of nitrogens with one attached hydrogen (secondary N) is 1. The Balaban J connectivity index is 1.63. The van der Waals surface area contributed by atoms with E-state index in [0.717, 1.165) is 11.4 Å². The summed E-state index contributed by atoms with van der Waals surface area (Å²) < 4.78 is 7.15. The summed E-state index contributed by atoms with van der Waals surface area (Å²) in [5, 5.41) is 7.70. The summed E-state index contributed by atoms with van der Waals surface area (Å²) in [6.07, 6.45) is 4.99. The highest BCUT2D eigenvalue weighted by molar-refractivity contribution is 6.30. The van der Waals surface area contributed by atoms with Crippen LogP contribution in [-0.2, 0) is 4.79 Å². The van der Waals surface area contributed by atoms with Crippen molar-refractivity contribution in [3.63, 3.8) is 0 Å². The molecule has 0 bridgehead atoms. The lowest BCUT2D eigenvalue weighted by Crippen LogP contribution is -2.20. The quantitative estimate of drug-likeness (QED) is 0.772. The van der Waals surface area contributed by atoms with E-state index in [1.165, 1.54) is 0 Å². The van der Waals surface area contributed by atoms with E-state index in [9.17, 15) is 4.79 Å². The number of anilines is 1. The first-order valence-corrected chi connectivity index (χ1v) is 7.64. The maximum atomic E-state index is 12.0. The Morgan fingerprint density at radius 1 is 1.21 bits per heavy atom. The maximum Gasteiger partial charge on any atom is 0.262 e. The Morgan fingerprint density at radius 3 is 2.62 bits per heavy atom. The molecule has 6 nitrogen and oxygen atoms in total. The summed E-state index contributed by atoms with van der Waals surface area (Å²) in [6, 6.07) is 10.5. The Morgan fingerprint density at radius 2 is 1.92 bits per heavy atom. The van der Waals surface area contributed by atoms with Gasteiger partial charge in [-0.25, -0.2) is 4.68 Å². The minimum atomic E-state index is -0.262. The fraction of sp³-hybridized carbons (Fsp3) is 0.118. The van der Waals surface area contributed by atoms with Crippen LogP contribution in [0.1, 0.15) is 5.69 Å². The molecule has 1 amide bonds. The lowest BCUT2D eigenvalue weighted by Gasteiger charge is -2.08. The second-order valence-electron chi connectivity index (χ2n) is 5.05. The molecule has 0 aliphatic carbocycles. The molecule has 1 N–H and O–H groups in total. The van der Waals surface area contributed by atoms with E-state index < -0.39 is 0 Å². The molecule has 0 fully saturated rings. The van der Waals surface area contributed by atoms with Gasteiger partial charge in [-0.1, -0.05) is 11.6 Å². The number of hydrogen-bond acceptors (Lipinski definition) is 4. The number of benzene rings is 1. The van der Waals surface area contributed by atoms with Crippen molar-refractivity contribution in [1.29, 1.82) is 0 Å². The van der Waals surface area contributed by atoms with Gasteiger partial charge < -0.3 is 10.1 Å². The molecule has 3 aromatic rings. The molecule has 0 saturated heterocycles. The van der Waals surface area contributed by atoms with Gasteiger partial charge in [-0.05, 0) is 43.3 Å².